The Morgan fingerprint density at radius 3 is 2.50 bits per heavy atom. The van der Waals surface area contributed by atoms with E-state index in [0.29, 0.717) is 0 Å². The number of rotatable bonds is 4. The van der Waals surface area contributed by atoms with Crippen molar-refractivity contribution in [3.8, 4) is 0 Å². The van der Waals surface area contributed by atoms with Gasteiger partial charge in [0.05, 0.1) is 12.2 Å². The van der Waals surface area contributed by atoms with Crippen molar-refractivity contribution in [2.75, 3.05) is 5.32 Å². The highest BCUT2D eigenvalue weighted by molar-refractivity contribution is 7.92. The number of anilines is 1. The zero-order valence-electron chi connectivity index (χ0n) is 10.5. The molecule has 0 saturated carbocycles. The average Bonchev–Trinajstić information content (AvgIpc) is 2.81. The molecule has 0 fully saturated rings. The molecule has 120 valence electrons. The highest BCUT2D eigenvalue weighted by atomic mass is 32.2. The number of aromatic nitrogens is 3. The van der Waals surface area contributed by atoms with Crippen LogP contribution in [0.15, 0.2) is 27.9 Å². The number of nitrogens with zero attached hydrogens (tertiary/aromatic N) is 1. The molecule has 1 aromatic carbocycles. The van der Waals surface area contributed by atoms with Crippen LogP contribution in [0.3, 0.4) is 0 Å². The Kier molecular flexibility index (Phi) is 3.96. The van der Waals surface area contributed by atoms with Crippen molar-refractivity contribution < 1.29 is 26.0 Å². The molecule has 12 heteroatoms. The van der Waals surface area contributed by atoms with Crippen LogP contribution >= 0.6 is 0 Å². The summed E-state index contributed by atoms with van der Waals surface area (Å²) in [5.41, 5.74) is -6.68. The first-order valence-electron chi connectivity index (χ1n) is 5.59. The molecule has 0 spiro atoms. The van der Waals surface area contributed by atoms with E-state index in [1.54, 1.807) is 0 Å². The van der Waals surface area contributed by atoms with Crippen LogP contribution in [-0.4, -0.2) is 29.1 Å². The number of hydrogen-bond donors (Lipinski definition) is 3. The van der Waals surface area contributed by atoms with E-state index in [-0.39, 0.29) is 18.4 Å². The third-order valence-electron chi connectivity index (χ3n) is 2.53. The van der Waals surface area contributed by atoms with E-state index in [2.05, 4.69) is 15.4 Å². The van der Waals surface area contributed by atoms with Crippen LogP contribution in [-0.2, 0) is 16.4 Å². The summed E-state index contributed by atoms with van der Waals surface area (Å²) in [6.45, 7) is -0.273. The maximum Gasteiger partial charge on any atom is 0.501 e. The quantitative estimate of drug-likeness (QED) is 0.724. The fraction of sp³-hybridized carbons (Fsp3) is 0.200. The number of hydrogen-bond acceptors (Lipinski definition) is 5. The maximum absolute atomic E-state index is 13.1. The number of H-pyrrole nitrogens is 2. The van der Waals surface area contributed by atoms with E-state index < -0.39 is 37.4 Å². The van der Waals surface area contributed by atoms with Crippen molar-refractivity contribution in [1.29, 1.82) is 0 Å². The molecular weight excluding hydrogens is 332 g/mol. The Labute approximate surface area is 120 Å². The molecular formula is C10H8F4N4O3S. The molecule has 2 rings (SSSR count). The van der Waals surface area contributed by atoms with Crippen molar-refractivity contribution in [1.82, 2.24) is 15.2 Å². The lowest BCUT2D eigenvalue weighted by molar-refractivity contribution is -0.0435. The van der Waals surface area contributed by atoms with Crippen LogP contribution in [0, 0.1) is 5.82 Å². The predicted molar refractivity (Wildman–Crippen MR) is 66.2 cm³/mol. The monoisotopic (exact) mass is 340 g/mol. The van der Waals surface area contributed by atoms with Gasteiger partial charge in [-0.2, -0.15) is 18.3 Å². The van der Waals surface area contributed by atoms with Crippen LogP contribution in [0.5, 0.6) is 0 Å². The summed E-state index contributed by atoms with van der Waals surface area (Å²) in [7, 11) is -5.73. The van der Waals surface area contributed by atoms with Crippen molar-refractivity contribution in [2.24, 2.45) is 0 Å². The van der Waals surface area contributed by atoms with Crippen LogP contribution in [0.25, 0.3) is 0 Å². The average molecular weight is 340 g/mol. The smallest absolute Gasteiger partial charge is 0.377 e. The van der Waals surface area contributed by atoms with Gasteiger partial charge in [0.1, 0.15) is 16.5 Å². The molecule has 0 radical (unpaired) electrons. The van der Waals surface area contributed by atoms with Crippen molar-refractivity contribution >= 4 is 15.5 Å². The summed E-state index contributed by atoms with van der Waals surface area (Å²) in [6.07, 6.45) is 0. The standard InChI is InChI=1S/C10H8F4N4O3S/c11-5-1-2-6(15-4-8-16-9(19)18-17-8)7(3-5)22(20,21)10(12,13)14/h1-3,15H,4H2,(H2,16,17,18,19). The molecule has 1 aromatic heterocycles. The number of nitrogens with one attached hydrogen (secondary N) is 3. The van der Waals surface area contributed by atoms with Gasteiger partial charge in [0.2, 0.25) is 0 Å². The summed E-state index contributed by atoms with van der Waals surface area (Å²) in [4.78, 5) is 11.8. The van der Waals surface area contributed by atoms with Gasteiger partial charge in [0.15, 0.2) is 0 Å². The molecule has 0 saturated heterocycles. The van der Waals surface area contributed by atoms with E-state index in [1.165, 1.54) is 0 Å². The van der Waals surface area contributed by atoms with E-state index in [1.807, 2.05) is 5.10 Å². The highest BCUT2D eigenvalue weighted by Gasteiger charge is 2.48. The zero-order valence-corrected chi connectivity index (χ0v) is 11.3. The normalized spacial score (nSPS) is 12.4. The van der Waals surface area contributed by atoms with Gasteiger partial charge in [-0.1, -0.05) is 0 Å². The van der Waals surface area contributed by atoms with E-state index in [9.17, 15) is 30.8 Å². The lowest BCUT2D eigenvalue weighted by Crippen LogP contribution is -2.24. The number of sulfone groups is 1. The van der Waals surface area contributed by atoms with Crippen LogP contribution in [0.2, 0.25) is 0 Å². The summed E-state index contributed by atoms with van der Waals surface area (Å²) in [5, 5.41) is 7.86. The van der Waals surface area contributed by atoms with Gasteiger partial charge in [0.25, 0.3) is 9.84 Å². The summed E-state index contributed by atoms with van der Waals surface area (Å²) < 4.78 is 73.8. The molecule has 0 bridgehead atoms. The van der Waals surface area contributed by atoms with E-state index in [4.69, 9.17) is 0 Å². The molecule has 7 nitrogen and oxygen atoms in total. The fourth-order valence-electron chi connectivity index (χ4n) is 1.56. The third kappa shape index (κ3) is 3.10. The topological polar surface area (TPSA) is 108 Å². The minimum atomic E-state index is -5.73. The van der Waals surface area contributed by atoms with Crippen LogP contribution < -0.4 is 11.0 Å². The third-order valence-corrected chi connectivity index (χ3v) is 4.06. The van der Waals surface area contributed by atoms with E-state index >= 15 is 0 Å². The molecule has 0 aliphatic carbocycles. The Morgan fingerprint density at radius 2 is 1.95 bits per heavy atom. The molecule has 1 heterocycles. The Bertz CT molecular complexity index is 840. The van der Waals surface area contributed by atoms with E-state index in [0.717, 1.165) is 12.1 Å². The second-order valence-corrected chi connectivity index (χ2v) is 5.98. The number of halogens is 4. The molecule has 0 unspecified atom stereocenters. The summed E-state index contributed by atoms with van der Waals surface area (Å²) in [6, 6.07) is 1.90. The molecule has 0 aliphatic rings. The highest BCUT2D eigenvalue weighted by Crippen LogP contribution is 2.34. The van der Waals surface area contributed by atoms with Gasteiger partial charge in [-0.15, -0.1) is 0 Å². The van der Waals surface area contributed by atoms with Gasteiger partial charge >= 0.3 is 11.2 Å². The number of benzene rings is 1. The number of alkyl halides is 3. The zero-order chi connectivity index (χ0) is 16.5. The van der Waals surface area contributed by atoms with Gasteiger partial charge in [0, 0.05) is 0 Å². The van der Waals surface area contributed by atoms with Crippen LogP contribution in [0.1, 0.15) is 5.82 Å². The molecule has 3 N–H and O–H groups in total. The first-order valence-corrected chi connectivity index (χ1v) is 7.08. The van der Waals surface area contributed by atoms with Gasteiger partial charge in [-0.05, 0) is 18.2 Å². The SMILES string of the molecule is O=c1[nH]nc(CNc2ccc(F)cc2S(=O)(=O)C(F)(F)F)[nH]1. The Morgan fingerprint density at radius 1 is 1.27 bits per heavy atom. The van der Waals surface area contributed by atoms with Crippen molar-refractivity contribution in [3.63, 3.8) is 0 Å². The lowest BCUT2D eigenvalue weighted by Gasteiger charge is -2.13. The van der Waals surface area contributed by atoms with Gasteiger partial charge in [-0.25, -0.2) is 22.7 Å². The molecule has 0 atom stereocenters. The lowest BCUT2D eigenvalue weighted by atomic mass is 10.3. The molecule has 0 amide bonds. The summed E-state index contributed by atoms with van der Waals surface area (Å²) in [5.74, 6) is -1.11. The van der Waals surface area contributed by atoms with Crippen LogP contribution in [0.4, 0.5) is 23.2 Å². The van der Waals surface area contributed by atoms with Gasteiger partial charge < -0.3 is 5.32 Å². The molecule has 0 aliphatic heterocycles. The predicted octanol–water partition coefficient (Wildman–Crippen LogP) is 1.14. The minimum absolute atomic E-state index is 0.0321. The summed E-state index contributed by atoms with van der Waals surface area (Å²) >= 11 is 0. The largest absolute Gasteiger partial charge is 0.501 e. The molecule has 22 heavy (non-hydrogen) atoms. The second kappa shape index (κ2) is 5.44. The Balaban J connectivity index is 2.38. The first-order chi connectivity index (χ1) is 10.1. The second-order valence-electron chi connectivity index (χ2n) is 4.07. The first kappa shape index (κ1) is 16.0. The van der Waals surface area contributed by atoms with Crippen molar-refractivity contribution in [2.45, 2.75) is 16.9 Å². The number of aromatic amines is 2. The maximum atomic E-state index is 13.1. The minimum Gasteiger partial charge on any atom is -0.377 e. The van der Waals surface area contributed by atoms with Gasteiger partial charge in [-0.3, -0.25) is 4.98 Å². The fourth-order valence-corrected chi connectivity index (χ4v) is 2.50. The molecule has 2 aromatic rings. The Hall–Kier alpha value is -2.37. The van der Waals surface area contributed by atoms with Crippen molar-refractivity contribution in [3.05, 3.63) is 40.3 Å².